The van der Waals surface area contributed by atoms with E-state index in [2.05, 4.69) is 79.1 Å². The van der Waals surface area contributed by atoms with E-state index >= 15 is 0 Å². The van der Waals surface area contributed by atoms with Gasteiger partial charge >= 0.3 is 12.2 Å². The molecule has 0 radical (unpaired) electrons. The number of hydrogen-bond acceptors (Lipinski definition) is 8. The van der Waals surface area contributed by atoms with Gasteiger partial charge in [-0.2, -0.15) is 0 Å². The molecular weight excluding hydrogens is 688 g/mol. The summed E-state index contributed by atoms with van der Waals surface area (Å²) in [7, 11) is 2.60. The number of methoxy groups -OCH3 is 2. The fourth-order valence-corrected chi connectivity index (χ4v) is 7.67. The van der Waals surface area contributed by atoms with E-state index < -0.39 is 24.3 Å². The summed E-state index contributed by atoms with van der Waals surface area (Å²) in [6.45, 7) is 5.02. The smallest absolute Gasteiger partial charge is 0.407 e. The van der Waals surface area contributed by atoms with Crippen molar-refractivity contribution in [2.45, 2.75) is 76.5 Å². The zero-order chi connectivity index (χ0) is 37.9. The van der Waals surface area contributed by atoms with Gasteiger partial charge in [-0.15, -0.1) is 0 Å². The summed E-state index contributed by atoms with van der Waals surface area (Å²) in [5.41, 5.74) is 5.82. The highest BCUT2D eigenvalue weighted by atomic mass is 16.5. The van der Waals surface area contributed by atoms with Crippen molar-refractivity contribution in [1.82, 2.24) is 40.4 Å². The summed E-state index contributed by atoms with van der Waals surface area (Å²) < 4.78 is 9.53. The summed E-state index contributed by atoms with van der Waals surface area (Å²) in [5, 5.41) is 5.45. The number of imidazole rings is 2. The zero-order valence-electron chi connectivity index (χ0n) is 31.1. The quantitative estimate of drug-likeness (QED) is 0.146. The van der Waals surface area contributed by atoms with Crippen LogP contribution in [0.25, 0.3) is 33.6 Å². The van der Waals surface area contributed by atoms with Crippen molar-refractivity contribution in [3.05, 3.63) is 72.6 Å². The van der Waals surface area contributed by atoms with Crippen molar-refractivity contribution >= 4 is 24.0 Å². The van der Waals surface area contributed by atoms with Crippen LogP contribution in [-0.2, 0) is 19.1 Å². The highest BCUT2D eigenvalue weighted by molar-refractivity contribution is 5.87. The number of carbonyl (C=O) groups is 4. The molecule has 284 valence electrons. The number of likely N-dealkylation sites (tertiary alicyclic amines) is 2. The largest absolute Gasteiger partial charge is 0.453 e. The van der Waals surface area contributed by atoms with E-state index in [1.165, 1.54) is 14.2 Å². The van der Waals surface area contributed by atoms with E-state index in [1.807, 2.05) is 29.8 Å². The van der Waals surface area contributed by atoms with Crippen molar-refractivity contribution in [3.8, 4) is 33.6 Å². The first-order chi connectivity index (χ1) is 26.1. The maximum atomic E-state index is 13.6. The third-order valence-electron chi connectivity index (χ3n) is 10.8. The van der Waals surface area contributed by atoms with Crippen LogP contribution in [0.3, 0.4) is 0 Å². The van der Waals surface area contributed by atoms with E-state index in [0.717, 1.165) is 83.8 Å². The molecule has 14 heteroatoms. The molecule has 7 rings (SSSR count). The minimum atomic E-state index is -0.685. The summed E-state index contributed by atoms with van der Waals surface area (Å²) in [6, 6.07) is 14.9. The average Bonchev–Trinajstić information content (AvgIpc) is 3.67. The van der Waals surface area contributed by atoms with Crippen molar-refractivity contribution in [1.29, 1.82) is 0 Å². The van der Waals surface area contributed by atoms with Gasteiger partial charge in [0.2, 0.25) is 11.8 Å². The van der Waals surface area contributed by atoms with Crippen LogP contribution in [0.5, 0.6) is 0 Å². The van der Waals surface area contributed by atoms with E-state index in [1.54, 1.807) is 6.20 Å². The van der Waals surface area contributed by atoms with E-state index in [0.29, 0.717) is 13.1 Å². The molecule has 4 amide bonds. The Morgan fingerprint density at radius 3 is 1.56 bits per heavy atom. The van der Waals surface area contributed by atoms with Crippen molar-refractivity contribution in [2.24, 2.45) is 11.8 Å². The van der Waals surface area contributed by atoms with Gasteiger partial charge in [-0.25, -0.2) is 19.6 Å². The molecule has 1 saturated carbocycles. The molecule has 2 aliphatic heterocycles. The van der Waals surface area contributed by atoms with Crippen molar-refractivity contribution in [3.63, 3.8) is 0 Å². The number of H-pyrrole nitrogens is 2. The number of benzene rings is 2. The van der Waals surface area contributed by atoms with Crippen LogP contribution >= 0.6 is 0 Å². The molecule has 4 atom stereocenters. The number of aromatic nitrogens is 4. The summed E-state index contributed by atoms with van der Waals surface area (Å²) in [5.74, 6) is 1.29. The molecule has 0 bridgehead atoms. The minimum Gasteiger partial charge on any atom is -0.453 e. The van der Waals surface area contributed by atoms with Gasteiger partial charge in [-0.05, 0) is 72.6 Å². The second kappa shape index (κ2) is 15.7. The zero-order valence-corrected chi connectivity index (χ0v) is 31.1. The van der Waals surface area contributed by atoms with Crippen LogP contribution in [-0.4, -0.2) is 93.1 Å². The molecule has 54 heavy (non-hydrogen) atoms. The third-order valence-corrected chi connectivity index (χ3v) is 10.8. The standard InChI is InChI=1S/C40H48N8O6/c1-23(2)33(45-39(51)53-3)37(49)47-19-5-7-31(47)35-41-21-29(43-35)26-13-9-24(10-14-26)25-11-15-27(16-12-25)30-22-42-36(44-30)32-8-6-20-48(32)38(50)34(28-17-18-28)46-40(52)54-4/h9-16,21-23,28,31-34H,5-8,17-20H2,1-4H3,(H,41,43)(H,42,44)(H,45,51)(H,46,52)/t31-,32-,33-,34-/m0/s1. The lowest BCUT2D eigenvalue weighted by Gasteiger charge is -2.30. The number of alkyl carbamates (subject to hydrolysis) is 2. The Bertz CT molecular complexity index is 1830. The lowest BCUT2D eigenvalue weighted by atomic mass is 10.0. The van der Waals surface area contributed by atoms with Gasteiger partial charge < -0.3 is 39.9 Å². The van der Waals surface area contributed by atoms with Crippen molar-refractivity contribution < 1.29 is 28.7 Å². The number of carbonyl (C=O) groups excluding carboxylic acids is 4. The normalized spacial score (nSPS) is 19.4. The van der Waals surface area contributed by atoms with Crippen LogP contribution in [0.4, 0.5) is 9.59 Å². The highest BCUT2D eigenvalue weighted by Crippen LogP contribution is 2.38. The predicted molar refractivity (Wildman–Crippen MR) is 201 cm³/mol. The maximum absolute atomic E-state index is 13.6. The van der Waals surface area contributed by atoms with Crippen LogP contribution in [0, 0.1) is 11.8 Å². The lowest BCUT2D eigenvalue weighted by molar-refractivity contribution is -0.136. The van der Waals surface area contributed by atoms with Gasteiger partial charge in [-0.3, -0.25) is 9.59 Å². The number of nitrogens with one attached hydrogen (secondary N) is 4. The number of amides is 4. The molecule has 3 aliphatic rings. The van der Waals surface area contributed by atoms with Crippen LogP contribution < -0.4 is 10.6 Å². The molecule has 0 unspecified atom stereocenters. The van der Waals surface area contributed by atoms with Gasteiger partial charge in [0.15, 0.2) is 0 Å². The molecule has 2 saturated heterocycles. The molecule has 4 aromatic rings. The van der Waals surface area contributed by atoms with Gasteiger partial charge in [-0.1, -0.05) is 62.4 Å². The van der Waals surface area contributed by atoms with Gasteiger partial charge in [0, 0.05) is 13.1 Å². The SMILES string of the molecule is COC(=O)N[C@H](C(=O)N1CCC[C@H]1c1ncc(-c2ccc(-c3ccc(-c4cnc([C@@H]5CCCN5C(=O)[C@@H](NC(=O)OC)C5CC5)[nH]4)cc3)cc2)[nH]1)C(C)C. The maximum Gasteiger partial charge on any atom is 0.407 e. The Morgan fingerprint density at radius 1 is 0.667 bits per heavy atom. The molecule has 4 N–H and O–H groups in total. The van der Waals surface area contributed by atoms with Gasteiger partial charge in [0.05, 0.1) is 50.1 Å². The monoisotopic (exact) mass is 736 g/mol. The summed E-state index contributed by atoms with van der Waals surface area (Å²) in [6.07, 6.45) is 7.54. The molecule has 3 fully saturated rings. The van der Waals surface area contributed by atoms with Gasteiger partial charge in [0.25, 0.3) is 0 Å². The van der Waals surface area contributed by atoms with E-state index in [9.17, 15) is 19.2 Å². The first-order valence-corrected chi connectivity index (χ1v) is 18.8. The first-order valence-electron chi connectivity index (χ1n) is 18.8. The highest BCUT2D eigenvalue weighted by Gasteiger charge is 2.43. The molecule has 0 spiro atoms. The fourth-order valence-electron chi connectivity index (χ4n) is 7.67. The average molecular weight is 737 g/mol. The Kier molecular flexibility index (Phi) is 10.7. The van der Waals surface area contributed by atoms with Crippen molar-refractivity contribution in [2.75, 3.05) is 27.3 Å². The molecule has 1 aliphatic carbocycles. The second-order valence-electron chi connectivity index (χ2n) is 14.7. The summed E-state index contributed by atoms with van der Waals surface area (Å²) in [4.78, 5) is 70.9. The van der Waals surface area contributed by atoms with E-state index in [4.69, 9.17) is 9.47 Å². The number of rotatable bonds is 11. The van der Waals surface area contributed by atoms with Gasteiger partial charge in [0.1, 0.15) is 23.7 Å². The molecular formula is C40H48N8O6. The Morgan fingerprint density at radius 2 is 1.11 bits per heavy atom. The Balaban J connectivity index is 0.996. The topological polar surface area (TPSA) is 175 Å². The number of nitrogens with zero attached hydrogens (tertiary/aromatic N) is 4. The number of hydrogen-bond donors (Lipinski definition) is 4. The third kappa shape index (κ3) is 7.68. The van der Waals surface area contributed by atoms with E-state index in [-0.39, 0.29) is 35.7 Å². The van der Waals surface area contributed by atoms with Crippen LogP contribution in [0.1, 0.15) is 76.1 Å². The number of aromatic amines is 2. The minimum absolute atomic E-state index is 0.0785. The second-order valence-corrected chi connectivity index (χ2v) is 14.7. The molecule has 2 aromatic heterocycles. The number of ether oxygens (including phenoxy) is 2. The lowest BCUT2D eigenvalue weighted by Crippen LogP contribution is -2.51. The Hall–Kier alpha value is -5.66. The predicted octanol–water partition coefficient (Wildman–Crippen LogP) is 5.98. The summed E-state index contributed by atoms with van der Waals surface area (Å²) >= 11 is 0. The first kappa shape index (κ1) is 36.7. The molecule has 14 nitrogen and oxygen atoms in total. The fraction of sp³-hybridized carbons (Fsp3) is 0.450. The van der Waals surface area contributed by atoms with Crippen LogP contribution in [0.2, 0.25) is 0 Å². The molecule has 4 heterocycles. The Labute approximate surface area is 314 Å². The van der Waals surface area contributed by atoms with Crippen LogP contribution in [0.15, 0.2) is 60.9 Å². The molecule has 2 aromatic carbocycles.